The molecule has 2 aromatic rings. The van der Waals surface area contributed by atoms with E-state index in [-0.39, 0.29) is 28.9 Å². The lowest BCUT2D eigenvalue weighted by Crippen LogP contribution is -2.24. The van der Waals surface area contributed by atoms with Gasteiger partial charge in [-0.25, -0.2) is 13.8 Å². The number of nitrogens with two attached hydrogens (primary N) is 1. The number of carbonyl (C=O) groups is 1. The van der Waals surface area contributed by atoms with E-state index < -0.39 is 9.84 Å². The van der Waals surface area contributed by atoms with Crippen molar-refractivity contribution in [1.82, 2.24) is 9.89 Å². The Kier molecular flexibility index (Phi) is 12.6. The molecule has 1 aromatic carbocycles. The maximum Gasteiger partial charge on any atom is 0.242 e. The zero-order valence-electron chi connectivity index (χ0n) is 20.0. The van der Waals surface area contributed by atoms with E-state index in [9.17, 15) is 13.2 Å². The predicted octanol–water partition coefficient (Wildman–Crippen LogP) is 1.40. The Labute approximate surface area is 210 Å². The van der Waals surface area contributed by atoms with E-state index in [1.165, 1.54) is 16.9 Å². The van der Waals surface area contributed by atoms with Gasteiger partial charge in [-0.3, -0.25) is 4.79 Å². The van der Waals surface area contributed by atoms with Crippen LogP contribution in [0.25, 0.3) is 11.3 Å². The Bertz CT molecular complexity index is 1050. The number of amides is 1. The van der Waals surface area contributed by atoms with Crippen molar-refractivity contribution < 1.29 is 32.2 Å². The predicted molar refractivity (Wildman–Crippen MR) is 132 cm³/mol. The molecule has 1 amide bonds. The van der Waals surface area contributed by atoms with Gasteiger partial charge < -0.3 is 24.7 Å². The smallest absolute Gasteiger partial charge is 0.242 e. The summed E-state index contributed by atoms with van der Waals surface area (Å²) in [4.78, 5) is 13.5. The highest BCUT2D eigenvalue weighted by Gasteiger charge is 2.16. The highest BCUT2D eigenvalue weighted by molar-refractivity contribution is 7.90. The maximum atomic E-state index is 12.2. The van der Waals surface area contributed by atoms with Crippen LogP contribution in [0.2, 0.25) is 5.02 Å². The number of hydrogen-bond acceptors (Lipinski definition) is 9. The van der Waals surface area contributed by atoms with Gasteiger partial charge in [0, 0.05) is 18.4 Å². The van der Waals surface area contributed by atoms with Crippen LogP contribution in [-0.2, 0) is 33.6 Å². The quantitative estimate of drug-likeness (QED) is 0.289. The summed E-state index contributed by atoms with van der Waals surface area (Å²) in [7, 11) is -3.49. The molecular formula is C22H33ClN4O7S. The molecule has 11 nitrogen and oxygen atoms in total. The van der Waals surface area contributed by atoms with Crippen LogP contribution >= 0.6 is 11.6 Å². The average molecular weight is 533 g/mol. The summed E-state index contributed by atoms with van der Waals surface area (Å²) in [6.07, 6.45) is 2.87. The maximum absolute atomic E-state index is 12.2. The molecule has 0 bridgehead atoms. The van der Waals surface area contributed by atoms with Crippen molar-refractivity contribution in [1.29, 1.82) is 0 Å². The molecule has 0 saturated heterocycles. The van der Waals surface area contributed by atoms with Crippen molar-refractivity contribution in [2.45, 2.75) is 18.2 Å². The van der Waals surface area contributed by atoms with Crippen molar-refractivity contribution in [3.8, 4) is 11.3 Å². The molecule has 0 aliphatic carbocycles. The number of sulfone groups is 1. The first-order chi connectivity index (χ1) is 16.7. The van der Waals surface area contributed by atoms with E-state index >= 15 is 0 Å². The minimum atomic E-state index is -3.49. The Balaban J connectivity index is 1.67. The molecule has 3 N–H and O–H groups in total. The van der Waals surface area contributed by atoms with Gasteiger partial charge in [-0.15, -0.1) is 0 Å². The third-order valence-corrected chi connectivity index (χ3v) is 6.17. The van der Waals surface area contributed by atoms with Crippen molar-refractivity contribution in [3.63, 3.8) is 0 Å². The van der Waals surface area contributed by atoms with Gasteiger partial charge in [0.2, 0.25) is 5.91 Å². The van der Waals surface area contributed by atoms with Crippen molar-refractivity contribution in [2.75, 3.05) is 71.1 Å². The normalized spacial score (nSPS) is 11.7. The van der Waals surface area contributed by atoms with Crippen LogP contribution in [-0.4, -0.2) is 89.9 Å². The minimum absolute atomic E-state index is 0.0243. The average Bonchev–Trinajstić information content (AvgIpc) is 3.16. The second kappa shape index (κ2) is 15.1. The number of nitrogens with zero attached hydrogens (tertiary/aromatic N) is 2. The number of aromatic nitrogens is 2. The fourth-order valence-electron chi connectivity index (χ4n) is 2.93. The van der Waals surface area contributed by atoms with Crippen LogP contribution in [0.5, 0.6) is 0 Å². The first-order valence-corrected chi connectivity index (χ1v) is 13.4. The lowest BCUT2D eigenvalue weighted by molar-refractivity contribution is -0.118. The third-order valence-electron chi connectivity index (χ3n) is 4.59. The first kappa shape index (κ1) is 29.2. The summed E-state index contributed by atoms with van der Waals surface area (Å²) in [5.41, 5.74) is 9.83. The highest BCUT2D eigenvalue weighted by atomic mass is 35.5. The Morgan fingerprint density at radius 3 is 2.17 bits per heavy atom. The summed E-state index contributed by atoms with van der Waals surface area (Å²) in [5, 5.41) is 4.49. The summed E-state index contributed by atoms with van der Waals surface area (Å²) >= 11 is 6.02. The molecule has 0 spiro atoms. The van der Waals surface area contributed by atoms with Crippen molar-refractivity contribution in [2.24, 2.45) is 5.73 Å². The van der Waals surface area contributed by atoms with Crippen LogP contribution in [0.15, 0.2) is 29.3 Å². The van der Waals surface area contributed by atoms with E-state index in [0.29, 0.717) is 64.1 Å². The number of halogens is 1. The van der Waals surface area contributed by atoms with Gasteiger partial charge in [0.25, 0.3) is 0 Å². The van der Waals surface area contributed by atoms with E-state index in [2.05, 4.69) is 10.5 Å². The number of rotatable bonds is 17. The minimum Gasteiger partial charge on any atom is -0.379 e. The van der Waals surface area contributed by atoms with Crippen molar-refractivity contribution in [3.05, 3.63) is 35.0 Å². The Hall–Kier alpha value is -2.06. The number of nitrogens with one attached hydrogen (secondary N) is 1. The van der Waals surface area contributed by atoms with Crippen LogP contribution < -0.4 is 11.2 Å². The molecule has 0 saturated carbocycles. The van der Waals surface area contributed by atoms with E-state index in [4.69, 9.17) is 36.3 Å². The molecule has 2 rings (SSSR count). The van der Waals surface area contributed by atoms with Crippen LogP contribution in [0, 0.1) is 6.92 Å². The van der Waals surface area contributed by atoms with E-state index in [1.807, 2.05) is 6.92 Å². The summed E-state index contributed by atoms with van der Waals surface area (Å²) in [6, 6.07) is 4.66. The van der Waals surface area contributed by atoms with Crippen molar-refractivity contribution >= 4 is 27.3 Å². The number of benzene rings is 1. The van der Waals surface area contributed by atoms with Gasteiger partial charge in [0.1, 0.15) is 0 Å². The largest absolute Gasteiger partial charge is 0.379 e. The van der Waals surface area contributed by atoms with Gasteiger partial charge in [-0.2, -0.15) is 9.89 Å². The van der Waals surface area contributed by atoms with Gasteiger partial charge in [-0.05, 0) is 24.6 Å². The van der Waals surface area contributed by atoms with Crippen LogP contribution in [0.4, 0.5) is 0 Å². The molecule has 0 atom stereocenters. The second-order valence-corrected chi connectivity index (χ2v) is 9.94. The SMILES string of the molecule is Cc1cn(NC(=O)CCOCCOCCOCCOCCN)nc1-c1ccc(Cl)c(S(C)(=O)=O)c1. The summed E-state index contributed by atoms with van der Waals surface area (Å²) < 4.78 is 45.2. The monoisotopic (exact) mass is 532 g/mol. The molecule has 1 heterocycles. The summed E-state index contributed by atoms with van der Waals surface area (Å²) in [5.74, 6) is -0.279. The Morgan fingerprint density at radius 1 is 1.03 bits per heavy atom. The second-order valence-electron chi connectivity index (χ2n) is 7.55. The first-order valence-electron chi connectivity index (χ1n) is 11.1. The van der Waals surface area contributed by atoms with E-state index in [1.54, 1.807) is 12.3 Å². The molecule has 0 aliphatic heterocycles. The number of ether oxygens (including phenoxy) is 4. The number of aryl methyl sites for hydroxylation is 1. The zero-order chi connectivity index (χ0) is 25.7. The van der Waals surface area contributed by atoms with Gasteiger partial charge in [0.15, 0.2) is 9.84 Å². The van der Waals surface area contributed by atoms with Crippen LogP contribution in [0.1, 0.15) is 12.0 Å². The van der Waals surface area contributed by atoms with Crippen LogP contribution in [0.3, 0.4) is 0 Å². The molecular weight excluding hydrogens is 500 g/mol. The van der Waals surface area contributed by atoms with Gasteiger partial charge in [0.05, 0.1) is 81.1 Å². The number of hydrogen-bond donors (Lipinski definition) is 2. The van der Waals surface area contributed by atoms with E-state index in [0.717, 1.165) is 11.8 Å². The molecule has 13 heteroatoms. The molecule has 0 aliphatic rings. The fourth-order valence-corrected chi connectivity index (χ4v) is 4.23. The third kappa shape index (κ3) is 10.6. The van der Waals surface area contributed by atoms with Gasteiger partial charge >= 0.3 is 0 Å². The molecule has 1 aromatic heterocycles. The molecule has 196 valence electrons. The molecule has 0 fully saturated rings. The zero-order valence-corrected chi connectivity index (χ0v) is 21.6. The van der Waals surface area contributed by atoms with Gasteiger partial charge in [-0.1, -0.05) is 17.7 Å². The summed E-state index contributed by atoms with van der Waals surface area (Å²) in [6.45, 7) is 5.72. The topological polar surface area (TPSA) is 144 Å². The molecule has 35 heavy (non-hydrogen) atoms. The highest BCUT2D eigenvalue weighted by Crippen LogP contribution is 2.29. The lowest BCUT2D eigenvalue weighted by atomic mass is 10.1. The Morgan fingerprint density at radius 2 is 1.60 bits per heavy atom. The standard InChI is InChI=1S/C22H33ClN4O7S/c1-17-16-27(26-22(17)18-3-4-19(23)20(15-18)35(2,29)30)25-21(28)5-7-31-9-11-33-13-14-34-12-10-32-8-6-24/h3-4,15-16H,5-14,24H2,1-2H3,(H,25,28). The molecule has 0 radical (unpaired) electrons. The lowest BCUT2D eigenvalue weighted by Gasteiger charge is -2.08. The fraction of sp³-hybridized carbons (Fsp3) is 0.545. The number of carbonyl (C=O) groups excluding carboxylic acids is 1. The molecule has 0 unspecified atom stereocenters.